The molecule has 0 aliphatic rings. The summed E-state index contributed by atoms with van der Waals surface area (Å²) in [7, 11) is -1.15. The molecular weight excluding hydrogens is 550 g/mol. The molecule has 4 aromatic carbocycles. The third-order valence-electron chi connectivity index (χ3n) is 6.94. The molecule has 0 bridgehead atoms. The smallest absolute Gasteiger partial charge is 0.264 e. The summed E-state index contributed by atoms with van der Waals surface area (Å²) in [5.41, 5.74) is 3.01. The number of ether oxygens (including phenoxy) is 1. The van der Waals surface area contributed by atoms with Crippen LogP contribution in [0.1, 0.15) is 16.7 Å². The van der Waals surface area contributed by atoms with Gasteiger partial charge in [-0.15, -0.1) is 0 Å². The van der Waals surface area contributed by atoms with Crippen molar-refractivity contribution < 1.29 is 22.7 Å². The van der Waals surface area contributed by atoms with Gasteiger partial charge in [-0.05, 0) is 42.3 Å². The fourth-order valence-electron chi connectivity index (χ4n) is 4.62. The molecule has 0 radical (unpaired) electrons. The van der Waals surface area contributed by atoms with Crippen molar-refractivity contribution in [1.82, 2.24) is 10.2 Å². The molecule has 0 spiro atoms. The Morgan fingerprint density at radius 2 is 1.48 bits per heavy atom. The van der Waals surface area contributed by atoms with E-state index >= 15 is 0 Å². The van der Waals surface area contributed by atoms with Gasteiger partial charge in [0.15, 0.2) is 0 Å². The van der Waals surface area contributed by atoms with E-state index in [2.05, 4.69) is 5.32 Å². The maximum absolute atomic E-state index is 14.3. The van der Waals surface area contributed by atoms with Crippen molar-refractivity contribution in [3.8, 4) is 5.75 Å². The molecule has 1 atom stereocenters. The van der Waals surface area contributed by atoms with Crippen molar-refractivity contribution in [3.05, 3.63) is 126 Å². The zero-order chi connectivity index (χ0) is 30.1. The number of amides is 2. The van der Waals surface area contributed by atoms with Crippen LogP contribution in [0.25, 0.3) is 0 Å². The van der Waals surface area contributed by atoms with Crippen LogP contribution < -0.4 is 14.4 Å². The van der Waals surface area contributed by atoms with Crippen LogP contribution in [0.4, 0.5) is 5.69 Å². The minimum atomic E-state index is -4.17. The van der Waals surface area contributed by atoms with Gasteiger partial charge in [-0.3, -0.25) is 13.9 Å². The zero-order valence-corrected chi connectivity index (χ0v) is 24.8. The van der Waals surface area contributed by atoms with Crippen LogP contribution in [0.2, 0.25) is 0 Å². The van der Waals surface area contributed by atoms with Gasteiger partial charge in [-0.2, -0.15) is 0 Å². The molecule has 42 heavy (non-hydrogen) atoms. The number of nitrogens with one attached hydrogen (secondary N) is 1. The van der Waals surface area contributed by atoms with Crippen molar-refractivity contribution in [2.45, 2.75) is 30.8 Å². The second-order valence-corrected chi connectivity index (χ2v) is 11.7. The van der Waals surface area contributed by atoms with E-state index in [1.807, 2.05) is 61.5 Å². The minimum Gasteiger partial charge on any atom is -0.497 e. The average Bonchev–Trinajstić information content (AvgIpc) is 3.02. The average molecular weight is 586 g/mol. The summed E-state index contributed by atoms with van der Waals surface area (Å²) in [5, 5.41) is 2.69. The van der Waals surface area contributed by atoms with Gasteiger partial charge in [0.25, 0.3) is 10.0 Å². The quantitative estimate of drug-likeness (QED) is 0.263. The standard InChI is InChI=1S/C33H35N3O5S/c1-25-17-19-27(20-18-25)23-35(31(33(38)34-2)21-26-11-6-4-7-12-26)32(37)24-36(28-13-10-14-29(22-28)41-3)42(39,40)30-15-8-5-9-16-30/h4-20,22,31H,21,23-24H2,1-3H3,(H,34,38)/t31-/m0/s1. The molecule has 0 fully saturated rings. The summed E-state index contributed by atoms with van der Waals surface area (Å²) in [5.74, 6) is -0.433. The second kappa shape index (κ2) is 13.8. The highest BCUT2D eigenvalue weighted by Gasteiger charge is 2.34. The van der Waals surface area contributed by atoms with E-state index in [0.717, 1.165) is 21.0 Å². The highest BCUT2D eigenvalue weighted by Crippen LogP contribution is 2.28. The van der Waals surface area contributed by atoms with Crippen molar-refractivity contribution in [1.29, 1.82) is 0 Å². The third-order valence-corrected chi connectivity index (χ3v) is 8.73. The Kier molecular flexibility index (Phi) is 9.98. The fourth-order valence-corrected chi connectivity index (χ4v) is 6.05. The SMILES string of the molecule is CNC(=O)[C@H](Cc1ccccc1)N(Cc1ccc(C)cc1)C(=O)CN(c1cccc(OC)c1)S(=O)(=O)c1ccccc1. The number of sulfonamides is 1. The second-order valence-electron chi connectivity index (χ2n) is 9.85. The summed E-state index contributed by atoms with van der Waals surface area (Å²) in [6.45, 7) is 1.55. The van der Waals surface area contributed by atoms with E-state index in [4.69, 9.17) is 4.74 Å². The molecule has 4 aromatic rings. The Morgan fingerprint density at radius 3 is 2.10 bits per heavy atom. The summed E-state index contributed by atoms with van der Waals surface area (Å²) in [6, 6.07) is 30.7. The Morgan fingerprint density at radius 1 is 0.833 bits per heavy atom. The predicted molar refractivity (Wildman–Crippen MR) is 164 cm³/mol. The lowest BCUT2D eigenvalue weighted by molar-refractivity contribution is -0.139. The van der Waals surface area contributed by atoms with E-state index in [1.54, 1.807) is 42.5 Å². The molecule has 0 saturated heterocycles. The van der Waals surface area contributed by atoms with Crippen LogP contribution >= 0.6 is 0 Å². The molecule has 9 heteroatoms. The number of benzene rings is 4. The first kappa shape index (κ1) is 30.3. The molecule has 0 saturated carbocycles. The lowest BCUT2D eigenvalue weighted by atomic mass is 10.0. The largest absolute Gasteiger partial charge is 0.497 e. The first-order valence-electron chi connectivity index (χ1n) is 13.6. The topological polar surface area (TPSA) is 96.0 Å². The fraction of sp³-hybridized carbons (Fsp3) is 0.212. The number of aryl methyl sites for hydroxylation is 1. The Labute approximate surface area is 247 Å². The minimum absolute atomic E-state index is 0.0397. The highest BCUT2D eigenvalue weighted by atomic mass is 32.2. The first-order chi connectivity index (χ1) is 20.2. The Hall–Kier alpha value is -4.63. The lowest BCUT2D eigenvalue weighted by Crippen LogP contribution is -2.53. The molecule has 0 unspecified atom stereocenters. The van der Waals surface area contributed by atoms with Gasteiger partial charge in [0.1, 0.15) is 18.3 Å². The number of methoxy groups -OCH3 is 1. The normalized spacial score (nSPS) is 11.8. The van der Waals surface area contributed by atoms with E-state index in [0.29, 0.717) is 5.75 Å². The molecule has 2 amide bonds. The maximum Gasteiger partial charge on any atom is 0.264 e. The van der Waals surface area contributed by atoms with Crippen LogP contribution in [0.3, 0.4) is 0 Å². The molecule has 0 heterocycles. The molecule has 218 valence electrons. The first-order valence-corrected chi connectivity index (χ1v) is 15.0. The van der Waals surface area contributed by atoms with Crippen molar-refractivity contribution >= 4 is 27.5 Å². The van der Waals surface area contributed by atoms with Gasteiger partial charge in [-0.25, -0.2) is 8.42 Å². The number of hydrogen-bond acceptors (Lipinski definition) is 5. The third kappa shape index (κ3) is 7.36. The predicted octanol–water partition coefficient (Wildman–Crippen LogP) is 4.59. The Bertz CT molecular complexity index is 1590. The van der Waals surface area contributed by atoms with Crippen LogP contribution in [-0.4, -0.2) is 51.9 Å². The van der Waals surface area contributed by atoms with E-state index in [1.165, 1.54) is 31.2 Å². The van der Waals surface area contributed by atoms with Crippen LogP contribution in [0, 0.1) is 6.92 Å². The van der Waals surface area contributed by atoms with E-state index in [9.17, 15) is 18.0 Å². The number of hydrogen-bond donors (Lipinski definition) is 1. The molecule has 4 rings (SSSR count). The van der Waals surface area contributed by atoms with Crippen molar-refractivity contribution in [2.75, 3.05) is 25.0 Å². The van der Waals surface area contributed by atoms with Gasteiger partial charge in [0, 0.05) is 26.1 Å². The number of rotatable bonds is 12. The molecular formula is C33H35N3O5S. The lowest BCUT2D eigenvalue weighted by Gasteiger charge is -2.33. The molecule has 0 aromatic heterocycles. The van der Waals surface area contributed by atoms with Gasteiger partial charge in [0.2, 0.25) is 11.8 Å². The van der Waals surface area contributed by atoms with Gasteiger partial charge >= 0.3 is 0 Å². The van der Waals surface area contributed by atoms with Gasteiger partial charge in [0.05, 0.1) is 17.7 Å². The maximum atomic E-state index is 14.3. The number of likely N-dealkylation sites (N-methyl/N-ethyl adjacent to an activating group) is 1. The monoisotopic (exact) mass is 585 g/mol. The Balaban J connectivity index is 1.79. The van der Waals surface area contributed by atoms with Crippen LogP contribution in [-0.2, 0) is 32.6 Å². The highest BCUT2D eigenvalue weighted by molar-refractivity contribution is 7.92. The van der Waals surface area contributed by atoms with Crippen LogP contribution in [0.15, 0.2) is 114 Å². The molecule has 0 aliphatic carbocycles. The van der Waals surface area contributed by atoms with E-state index in [-0.39, 0.29) is 29.5 Å². The number of carbonyl (C=O) groups excluding carboxylic acids is 2. The van der Waals surface area contributed by atoms with Gasteiger partial charge < -0.3 is 15.0 Å². The number of carbonyl (C=O) groups is 2. The van der Waals surface area contributed by atoms with E-state index < -0.39 is 28.5 Å². The molecule has 0 aliphatic heterocycles. The van der Waals surface area contributed by atoms with Gasteiger partial charge in [-0.1, -0.05) is 84.4 Å². The summed E-state index contributed by atoms with van der Waals surface area (Å²) in [4.78, 5) is 29.1. The number of anilines is 1. The van der Waals surface area contributed by atoms with Crippen molar-refractivity contribution in [3.63, 3.8) is 0 Å². The molecule has 1 N–H and O–H groups in total. The zero-order valence-electron chi connectivity index (χ0n) is 23.9. The van der Waals surface area contributed by atoms with Crippen molar-refractivity contribution in [2.24, 2.45) is 0 Å². The van der Waals surface area contributed by atoms with Crippen LogP contribution in [0.5, 0.6) is 5.75 Å². The summed E-state index contributed by atoms with van der Waals surface area (Å²) >= 11 is 0. The molecule has 8 nitrogen and oxygen atoms in total. The summed E-state index contributed by atoms with van der Waals surface area (Å²) < 4.78 is 34.4. The number of nitrogens with zero attached hydrogens (tertiary/aromatic N) is 2. The summed E-state index contributed by atoms with van der Waals surface area (Å²) in [6.07, 6.45) is 0.253.